The summed E-state index contributed by atoms with van der Waals surface area (Å²) < 4.78 is 23.1. The van der Waals surface area contributed by atoms with Crippen LogP contribution in [0.2, 0.25) is 0 Å². The van der Waals surface area contributed by atoms with Crippen LogP contribution in [0.1, 0.15) is 26.2 Å². The Hall–Kier alpha value is -0.170. The van der Waals surface area contributed by atoms with Crippen LogP contribution in [-0.2, 0) is 9.84 Å². The van der Waals surface area contributed by atoms with Gasteiger partial charge in [-0.15, -0.1) is 0 Å². The van der Waals surface area contributed by atoms with Crippen molar-refractivity contribution >= 4 is 9.84 Å². The van der Waals surface area contributed by atoms with E-state index in [0.717, 1.165) is 52.0 Å². The van der Waals surface area contributed by atoms with Gasteiger partial charge >= 0.3 is 0 Å². The van der Waals surface area contributed by atoms with Crippen LogP contribution in [0.15, 0.2) is 0 Å². The van der Waals surface area contributed by atoms with Crippen molar-refractivity contribution < 1.29 is 8.42 Å². The van der Waals surface area contributed by atoms with Crippen LogP contribution < -0.4 is 5.32 Å². The highest BCUT2D eigenvalue weighted by atomic mass is 32.2. The second-order valence-electron chi connectivity index (χ2n) is 6.66. The van der Waals surface area contributed by atoms with E-state index < -0.39 is 9.84 Å². The Balaban J connectivity index is 2.10. The van der Waals surface area contributed by atoms with Gasteiger partial charge in [0.25, 0.3) is 0 Å². The molecule has 118 valence electrons. The monoisotopic (exact) mass is 303 g/mol. The quantitative estimate of drug-likeness (QED) is 0.806. The number of sulfone groups is 1. The standard InChI is InChI=1S/C14H29N3O2S/c1-13(11-20(3,18)19)17-10-4-9-16(2)14(12-17)5-7-15-8-6-14/h13,15H,4-12H2,1-3H3/t13-/m1/s1. The summed E-state index contributed by atoms with van der Waals surface area (Å²) in [6, 6.07) is 0.114. The molecule has 0 saturated carbocycles. The first-order valence-electron chi connectivity index (χ1n) is 7.66. The van der Waals surface area contributed by atoms with E-state index in [1.807, 2.05) is 0 Å². The highest BCUT2D eigenvalue weighted by Crippen LogP contribution is 2.29. The van der Waals surface area contributed by atoms with E-state index in [1.165, 1.54) is 6.26 Å². The minimum Gasteiger partial charge on any atom is -0.317 e. The average molecular weight is 303 g/mol. The first kappa shape index (κ1) is 16.2. The highest BCUT2D eigenvalue weighted by molar-refractivity contribution is 7.90. The molecule has 2 aliphatic heterocycles. The van der Waals surface area contributed by atoms with E-state index in [9.17, 15) is 8.42 Å². The molecule has 2 saturated heterocycles. The van der Waals surface area contributed by atoms with Gasteiger partial charge in [0.05, 0.1) is 5.75 Å². The van der Waals surface area contributed by atoms with Crippen LogP contribution >= 0.6 is 0 Å². The molecule has 0 aromatic carbocycles. The molecule has 2 heterocycles. The van der Waals surface area contributed by atoms with Crippen molar-refractivity contribution in [2.24, 2.45) is 0 Å². The van der Waals surface area contributed by atoms with Gasteiger partial charge in [-0.05, 0) is 59.4 Å². The van der Waals surface area contributed by atoms with E-state index in [2.05, 4.69) is 29.1 Å². The zero-order chi connectivity index (χ0) is 14.8. The van der Waals surface area contributed by atoms with Crippen molar-refractivity contribution in [3.05, 3.63) is 0 Å². The van der Waals surface area contributed by atoms with Crippen LogP contribution in [0.4, 0.5) is 0 Å². The number of nitrogens with one attached hydrogen (secondary N) is 1. The maximum atomic E-state index is 11.6. The summed E-state index contributed by atoms with van der Waals surface area (Å²) in [4.78, 5) is 4.91. The number of nitrogens with zero attached hydrogens (tertiary/aromatic N) is 2. The maximum Gasteiger partial charge on any atom is 0.148 e. The van der Waals surface area contributed by atoms with E-state index in [-0.39, 0.29) is 17.3 Å². The average Bonchev–Trinajstić information content (AvgIpc) is 2.50. The van der Waals surface area contributed by atoms with Crippen molar-refractivity contribution in [1.82, 2.24) is 15.1 Å². The van der Waals surface area contributed by atoms with Gasteiger partial charge < -0.3 is 5.32 Å². The molecule has 5 nitrogen and oxygen atoms in total. The molecule has 0 bridgehead atoms. The van der Waals surface area contributed by atoms with E-state index in [0.29, 0.717) is 0 Å². The summed E-state index contributed by atoms with van der Waals surface area (Å²) in [6.45, 7) is 7.32. The Morgan fingerprint density at radius 2 is 1.90 bits per heavy atom. The molecule has 0 aromatic rings. The summed E-state index contributed by atoms with van der Waals surface area (Å²) in [7, 11) is -0.676. The zero-order valence-corrected chi connectivity index (χ0v) is 13.9. The SMILES string of the molecule is C[C@H](CS(C)(=O)=O)N1CCCN(C)C2(CCNCC2)C1. The summed E-state index contributed by atoms with van der Waals surface area (Å²) in [5.74, 6) is 0.269. The maximum absolute atomic E-state index is 11.6. The Labute approximate surface area is 123 Å². The lowest BCUT2D eigenvalue weighted by atomic mass is 9.86. The molecule has 1 spiro atoms. The zero-order valence-electron chi connectivity index (χ0n) is 13.1. The Morgan fingerprint density at radius 3 is 2.50 bits per heavy atom. The van der Waals surface area contributed by atoms with Gasteiger partial charge in [0, 0.05) is 24.4 Å². The molecule has 20 heavy (non-hydrogen) atoms. The second kappa shape index (κ2) is 6.30. The summed E-state index contributed by atoms with van der Waals surface area (Å²) in [5, 5.41) is 3.44. The molecule has 2 rings (SSSR count). The highest BCUT2D eigenvalue weighted by Gasteiger charge is 2.40. The number of hydrogen-bond acceptors (Lipinski definition) is 5. The summed E-state index contributed by atoms with van der Waals surface area (Å²) >= 11 is 0. The molecule has 0 amide bonds. The normalized spacial score (nSPS) is 27.4. The van der Waals surface area contributed by atoms with Gasteiger partial charge in [0.15, 0.2) is 0 Å². The molecule has 6 heteroatoms. The second-order valence-corrected chi connectivity index (χ2v) is 8.85. The van der Waals surface area contributed by atoms with Crippen LogP contribution in [0.3, 0.4) is 0 Å². The van der Waals surface area contributed by atoms with Crippen molar-refractivity contribution in [3.8, 4) is 0 Å². The summed E-state index contributed by atoms with van der Waals surface area (Å²) in [6.07, 6.45) is 4.78. The number of rotatable bonds is 3. The third-order valence-electron chi connectivity index (χ3n) is 4.95. The largest absolute Gasteiger partial charge is 0.317 e. The van der Waals surface area contributed by atoms with E-state index in [1.54, 1.807) is 0 Å². The number of hydrogen-bond donors (Lipinski definition) is 1. The fraction of sp³-hybridized carbons (Fsp3) is 1.00. The van der Waals surface area contributed by atoms with Crippen molar-refractivity contribution in [2.75, 3.05) is 51.8 Å². The van der Waals surface area contributed by atoms with Gasteiger partial charge in [0.2, 0.25) is 0 Å². The lowest BCUT2D eigenvalue weighted by molar-refractivity contribution is 0.0576. The number of likely N-dealkylation sites (N-methyl/N-ethyl adjacent to an activating group) is 1. The molecule has 1 atom stereocenters. The van der Waals surface area contributed by atoms with Crippen molar-refractivity contribution in [2.45, 2.75) is 37.8 Å². The first-order valence-corrected chi connectivity index (χ1v) is 9.72. The molecule has 0 unspecified atom stereocenters. The van der Waals surface area contributed by atoms with E-state index >= 15 is 0 Å². The molecule has 0 aliphatic carbocycles. The molecule has 2 aliphatic rings. The third-order valence-corrected chi connectivity index (χ3v) is 6.04. The topological polar surface area (TPSA) is 52.7 Å². The molecule has 1 N–H and O–H groups in total. The molecule has 2 fully saturated rings. The van der Waals surface area contributed by atoms with Crippen molar-refractivity contribution in [3.63, 3.8) is 0 Å². The minimum atomic E-state index is -2.91. The predicted octanol–water partition coefficient (Wildman–Crippen LogP) is 0.179. The molecular weight excluding hydrogens is 274 g/mol. The van der Waals surface area contributed by atoms with Crippen LogP contribution in [0.25, 0.3) is 0 Å². The van der Waals surface area contributed by atoms with Crippen molar-refractivity contribution in [1.29, 1.82) is 0 Å². The molecular formula is C14H29N3O2S. The van der Waals surface area contributed by atoms with Gasteiger partial charge in [0.1, 0.15) is 9.84 Å². The third kappa shape index (κ3) is 3.93. The smallest absolute Gasteiger partial charge is 0.148 e. The van der Waals surface area contributed by atoms with E-state index in [4.69, 9.17) is 0 Å². The lowest BCUT2D eigenvalue weighted by Crippen LogP contribution is -2.58. The van der Waals surface area contributed by atoms with Crippen LogP contribution in [-0.4, -0.2) is 81.6 Å². The Kier molecular flexibility index (Phi) is 5.10. The first-order chi connectivity index (χ1) is 9.32. The lowest BCUT2D eigenvalue weighted by Gasteiger charge is -2.46. The van der Waals surface area contributed by atoms with Crippen LogP contribution in [0, 0.1) is 0 Å². The van der Waals surface area contributed by atoms with Gasteiger partial charge in [-0.25, -0.2) is 8.42 Å². The fourth-order valence-corrected chi connectivity index (χ4v) is 4.76. The molecule has 0 radical (unpaired) electrons. The fourth-order valence-electron chi connectivity index (χ4n) is 3.68. The Morgan fingerprint density at radius 1 is 1.25 bits per heavy atom. The van der Waals surface area contributed by atoms with Gasteiger partial charge in [-0.2, -0.15) is 0 Å². The minimum absolute atomic E-state index is 0.114. The predicted molar refractivity (Wildman–Crippen MR) is 82.8 cm³/mol. The van der Waals surface area contributed by atoms with Gasteiger partial charge in [-0.1, -0.05) is 0 Å². The summed E-state index contributed by atoms with van der Waals surface area (Å²) in [5.41, 5.74) is 0.230. The Bertz CT molecular complexity index is 418. The van der Waals surface area contributed by atoms with Crippen LogP contribution in [0.5, 0.6) is 0 Å². The number of piperidine rings is 1. The van der Waals surface area contributed by atoms with Gasteiger partial charge in [-0.3, -0.25) is 9.80 Å². The molecule has 0 aromatic heterocycles.